The monoisotopic (exact) mass is 401 g/mol. The van der Waals surface area contributed by atoms with Gasteiger partial charge in [0.05, 0.1) is 15.4 Å². The van der Waals surface area contributed by atoms with Crippen LogP contribution >= 0.6 is 34.5 Å². The lowest BCUT2D eigenvalue weighted by Crippen LogP contribution is -2.09. The SMILES string of the molecule is CCc1sc2nc(-c3ccccn3)[nH]c(=O)c2c1-c1ccc(Cl)c(Cl)c1. The fourth-order valence-electron chi connectivity index (χ4n) is 2.88. The van der Waals surface area contributed by atoms with Crippen molar-refractivity contribution in [1.29, 1.82) is 0 Å². The molecule has 3 aromatic heterocycles. The van der Waals surface area contributed by atoms with E-state index in [1.165, 1.54) is 11.3 Å². The second-order valence-corrected chi connectivity index (χ2v) is 7.59. The van der Waals surface area contributed by atoms with E-state index in [2.05, 4.69) is 21.9 Å². The second kappa shape index (κ2) is 6.83. The molecule has 0 radical (unpaired) electrons. The van der Waals surface area contributed by atoms with E-state index in [1.54, 1.807) is 18.3 Å². The Hall–Kier alpha value is -2.21. The molecule has 0 spiro atoms. The minimum Gasteiger partial charge on any atom is -0.305 e. The quantitative estimate of drug-likeness (QED) is 0.487. The summed E-state index contributed by atoms with van der Waals surface area (Å²) in [6.07, 6.45) is 2.46. The molecule has 3 heterocycles. The smallest absolute Gasteiger partial charge is 0.260 e. The molecule has 0 atom stereocenters. The molecule has 1 aromatic carbocycles. The lowest BCUT2D eigenvalue weighted by Gasteiger charge is -2.05. The highest BCUT2D eigenvalue weighted by Gasteiger charge is 2.19. The van der Waals surface area contributed by atoms with Crippen molar-refractivity contribution in [3.05, 3.63) is 67.9 Å². The van der Waals surface area contributed by atoms with Crippen LogP contribution in [0.3, 0.4) is 0 Å². The van der Waals surface area contributed by atoms with E-state index in [9.17, 15) is 4.79 Å². The maximum Gasteiger partial charge on any atom is 0.260 e. The summed E-state index contributed by atoms with van der Waals surface area (Å²) >= 11 is 13.7. The summed E-state index contributed by atoms with van der Waals surface area (Å²) in [5.41, 5.74) is 2.18. The third-order valence-electron chi connectivity index (χ3n) is 4.07. The van der Waals surface area contributed by atoms with Gasteiger partial charge in [-0.15, -0.1) is 11.3 Å². The zero-order valence-corrected chi connectivity index (χ0v) is 16.0. The first-order chi connectivity index (χ1) is 12.6. The molecule has 0 saturated heterocycles. The van der Waals surface area contributed by atoms with Crippen LogP contribution in [0.15, 0.2) is 47.4 Å². The summed E-state index contributed by atoms with van der Waals surface area (Å²) < 4.78 is 0. The maximum atomic E-state index is 12.9. The minimum absolute atomic E-state index is 0.187. The number of hydrogen-bond acceptors (Lipinski definition) is 4. The molecule has 0 fully saturated rings. The Balaban J connectivity index is 1.99. The average Bonchev–Trinajstić information content (AvgIpc) is 3.04. The van der Waals surface area contributed by atoms with Crippen LogP contribution in [0, 0.1) is 0 Å². The normalized spacial score (nSPS) is 11.2. The standard InChI is InChI=1S/C19H13Cl2N3OS/c1-2-14-15(10-6-7-11(20)12(21)9-10)16-18(25)23-17(24-19(16)26-14)13-5-3-4-8-22-13/h3-9H,2H2,1H3,(H,23,24,25). The predicted molar refractivity (Wildman–Crippen MR) is 108 cm³/mol. The minimum atomic E-state index is -0.187. The first kappa shape index (κ1) is 17.2. The Morgan fingerprint density at radius 2 is 2.00 bits per heavy atom. The molecule has 7 heteroatoms. The number of pyridine rings is 1. The number of hydrogen-bond donors (Lipinski definition) is 1. The largest absolute Gasteiger partial charge is 0.305 e. The van der Waals surface area contributed by atoms with Crippen LogP contribution in [0.4, 0.5) is 0 Å². The van der Waals surface area contributed by atoms with Gasteiger partial charge in [-0.1, -0.05) is 42.3 Å². The van der Waals surface area contributed by atoms with Gasteiger partial charge in [-0.2, -0.15) is 0 Å². The highest BCUT2D eigenvalue weighted by molar-refractivity contribution is 7.19. The van der Waals surface area contributed by atoms with Gasteiger partial charge < -0.3 is 4.98 Å². The number of aromatic nitrogens is 3. The molecule has 1 N–H and O–H groups in total. The van der Waals surface area contributed by atoms with E-state index in [0.717, 1.165) is 22.4 Å². The molecule has 0 bridgehead atoms. The number of benzene rings is 1. The molecule has 0 aliphatic heterocycles. The summed E-state index contributed by atoms with van der Waals surface area (Å²) in [6, 6.07) is 10.9. The van der Waals surface area contributed by atoms with Gasteiger partial charge >= 0.3 is 0 Å². The van der Waals surface area contributed by atoms with Gasteiger partial charge in [0.25, 0.3) is 5.56 Å². The van der Waals surface area contributed by atoms with Crippen molar-refractivity contribution in [1.82, 2.24) is 15.0 Å². The third-order valence-corrected chi connectivity index (χ3v) is 6.04. The van der Waals surface area contributed by atoms with Gasteiger partial charge in [-0.05, 0) is 36.2 Å². The topological polar surface area (TPSA) is 58.6 Å². The van der Waals surface area contributed by atoms with Gasteiger partial charge in [0.2, 0.25) is 0 Å². The van der Waals surface area contributed by atoms with Crippen molar-refractivity contribution < 1.29 is 0 Å². The molecule has 0 unspecified atom stereocenters. The van der Waals surface area contributed by atoms with E-state index in [0.29, 0.717) is 31.8 Å². The zero-order chi connectivity index (χ0) is 18.3. The number of fused-ring (bicyclic) bond motifs is 1. The number of H-pyrrole nitrogens is 1. The summed E-state index contributed by atoms with van der Waals surface area (Å²) in [4.78, 5) is 26.4. The van der Waals surface area contributed by atoms with Gasteiger partial charge in [-0.3, -0.25) is 9.78 Å². The highest BCUT2D eigenvalue weighted by atomic mass is 35.5. The summed E-state index contributed by atoms with van der Waals surface area (Å²) in [7, 11) is 0. The first-order valence-electron chi connectivity index (χ1n) is 8.01. The Labute approximate surface area is 163 Å². The Morgan fingerprint density at radius 1 is 1.15 bits per heavy atom. The van der Waals surface area contributed by atoms with Crippen LogP contribution in [0.1, 0.15) is 11.8 Å². The Bertz CT molecular complexity index is 1170. The fourth-order valence-corrected chi connectivity index (χ4v) is 4.32. The van der Waals surface area contributed by atoms with E-state index in [1.807, 2.05) is 24.3 Å². The molecule has 4 nitrogen and oxygen atoms in total. The number of aromatic amines is 1. The van der Waals surface area contributed by atoms with E-state index in [4.69, 9.17) is 23.2 Å². The molecule has 130 valence electrons. The van der Waals surface area contributed by atoms with Crippen LogP contribution in [0.5, 0.6) is 0 Å². The van der Waals surface area contributed by atoms with Crippen LogP contribution in [-0.2, 0) is 6.42 Å². The predicted octanol–water partition coefficient (Wildman–Crippen LogP) is 5.58. The van der Waals surface area contributed by atoms with Gasteiger partial charge in [0.15, 0.2) is 5.82 Å². The molecular weight excluding hydrogens is 389 g/mol. The summed E-state index contributed by atoms with van der Waals surface area (Å²) in [5.74, 6) is 0.465. The maximum absolute atomic E-state index is 12.9. The van der Waals surface area contributed by atoms with Crippen molar-refractivity contribution in [2.75, 3.05) is 0 Å². The number of aryl methyl sites for hydroxylation is 1. The van der Waals surface area contributed by atoms with Crippen molar-refractivity contribution >= 4 is 44.8 Å². The molecule has 4 rings (SSSR count). The summed E-state index contributed by atoms with van der Waals surface area (Å²) in [6.45, 7) is 2.06. The van der Waals surface area contributed by atoms with Crippen LogP contribution in [0.25, 0.3) is 32.9 Å². The van der Waals surface area contributed by atoms with Gasteiger partial charge in [0, 0.05) is 16.6 Å². The van der Waals surface area contributed by atoms with Crippen molar-refractivity contribution in [2.45, 2.75) is 13.3 Å². The number of rotatable bonds is 3. The van der Waals surface area contributed by atoms with Crippen LogP contribution < -0.4 is 5.56 Å². The lowest BCUT2D eigenvalue weighted by atomic mass is 10.0. The Kier molecular flexibility index (Phi) is 4.53. The van der Waals surface area contributed by atoms with E-state index in [-0.39, 0.29) is 5.56 Å². The number of nitrogens with zero attached hydrogens (tertiary/aromatic N) is 2. The highest BCUT2D eigenvalue weighted by Crippen LogP contribution is 2.39. The molecule has 0 saturated carbocycles. The number of halogens is 2. The zero-order valence-electron chi connectivity index (χ0n) is 13.7. The number of nitrogens with one attached hydrogen (secondary N) is 1. The van der Waals surface area contributed by atoms with Crippen molar-refractivity contribution in [3.8, 4) is 22.6 Å². The lowest BCUT2D eigenvalue weighted by molar-refractivity contribution is 1.15. The molecule has 26 heavy (non-hydrogen) atoms. The van der Waals surface area contributed by atoms with E-state index >= 15 is 0 Å². The van der Waals surface area contributed by atoms with Gasteiger partial charge in [0.1, 0.15) is 10.5 Å². The van der Waals surface area contributed by atoms with Crippen molar-refractivity contribution in [3.63, 3.8) is 0 Å². The molecule has 0 aliphatic carbocycles. The van der Waals surface area contributed by atoms with Crippen LogP contribution in [-0.4, -0.2) is 15.0 Å². The number of thiophene rings is 1. The second-order valence-electron chi connectivity index (χ2n) is 5.69. The fraction of sp³-hybridized carbons (Fsp3) is 0.105. The van der Waals surface area contributed by atoms with Crippen molar-refractivity contribution in [2.24, 2.45) is 0 Å². The molecular formula is C19H13Cl2N3OS. The Morgan fingerprint density at radius 3 is 2.69 bits per heavy atom. The average molecular weight is 402 g/mol. The first-order valence-corrected chi connectivity index (χ1v) is 9.58. The van der Waals surface area contributed by atoms with Gasteiger partial charge in [-0.25, -0.2) is 4.98 Å². The molecule has 0 aliphatic rings. The third kappa shape index (κ3) is 2.92. The van der Waals surface area contributed by atoms with Crippen LogP contribution in [0.2, 0.25) is 10.0 Å². The summed E-state index contributed by atoms with van der Waals surface area (Å²) in [5, 5.41) is 1.52. The van der Waals surface area contributed by atoms with E-state index < -0.39 is 0 Å². The molecule has 0 amide bonds. The molecule has 4 aromatic rings.